The van der Waals surface area contributed by atoms with Crippen LogP contribution in [0.3, 0.4) is 0 Å². The molecule has 8 nitrogen and oxygen atoms in total. The number of esters is 1. The Hall–Kier alpha value is -2.89. The summed E-state index contributed by atoms with van der Waals surface area (Å²) in [7, 11) is 1.33. The van der Waals surface area contributed by atoms with Crippen molar-refractivity contribution in [2.24, 2.45) is 0 Å². The van der Waals surface area contributed by atoms with E-state index >= 15 is 0 Å². The number of fused-ring (bicyclic) bond motifs is 1. The van der Waals surface area contributed by atoms with Gasteiger partial charge in [0.15, 0.2) is 11.0 Å². The molecule has 2 heterocycles. The SMILES string of the molecule is C=CCn1c(COc2ccc(F)c(Cl)c2)nnc1SCC(=O)Nc1sc2c(c1C(=O)OC)CCC2. The lowest BCUT2D eigenvalue weighted by Gasteiger charge is -2.10. The maximum absolute atomic E-state index is 13.4. The first-order chi connectivity index (χ1) is 16.9. The number of rotatable bonds is 10. The van der Waals surface area contributed by atoms with E-state index in [1.165, 1.54) is 48.4 Å². The molecule has 0 fully saturated rings. The van der Waals surface area contributed by atoms with Gasteiger partial charge in [0.05, 0.1) is 23.4 Å². The van der Waals surface area contributed by atoms with Crippen molar-refractivity contribution in [3.63, 3.8) is 0 Å². The van der Waals surface area contributed by atoms with Crippen molar-refractivity contribution in [1.29, 1.82) is 0 Å². The number of amides is 1. The van der Waals surface area contributed by atoms with Crippen LogP contribution in [0.5, 0.6) is 5.75 Å². The maximum Gasteiger partial charge on any atom is 0.341 e. The number of benzene rings is 1. The third-order valence-corrected chi connectivity index (χ3v) is 7.72. The van der Waals surface area contributed by atoms with Gasteiger partial charge in [-0.3, -0.25) is 9.36 Å². The molecule has 1 N–H and O–H groups in total. The number of carbonyl (C=O) groups is 2. The topological polar surface area (TPSA) is 95.3 Å². The molecule has 4 rings (SSSR count). The highest BCUT2D eigenvalue weighted by molar-refractivity contribution is 7.99. The van der Waals surface area contributed by atoms with E-state index in [4.69, 9.17) is 21.1 Å². The van der Waals surface area contributed by atoms with Crippen molar-refractivity contribution in [1.82, 2.24) is 14.8 Å². The quantitative estimate of drug-likeness (QED) is 0.223. The Morgan fingerprint density at radius 3 is 2.94 bits per heavy atom. The van der Waals surface area contributed by atoms with E-state index in [-0.39, 0.29) is 23.3 Å². The van der Waals surface area contributed by atoms with Crippen molar-refractivity contribution >= 4 is 51.6 Å². The number of nitrogens with zero attached hydrogens (tertiary/aromatic N) is 3. The summed E-state index contributed by atoms with van der Waals surface area (Å²) in [4.78, 5) is 26.1. The van der Waals surface area contributed by atoms with Gasteiger partial charge < -0.3 is 14.8 Å². The summed E-state index contributed by atoms with van der Waals surface area (Å²) in [6.45, 7) is 4.23. The molecule has 12 heteroatoms. The third-order valence-electron chi connectivity index (χ3n) is 5.26. The smallest absolute Gasteiger partial charge is 0.341 e. The summed E-state index contributed by atoms with van der Waals surface area (Å²) in [6, 6.07) is 4.08. The molecule has 3 aromatic rings. The summed E-state index contributed by atoms with van der Waals surface area (Å²) in [5.41, 5.74) is 1.43. The number of anilines is 1. The zero-order valence-electron chi connectivity index (χ0n) is 18.8. The Morgan fingerprint density at radius 2 is 2.20 bits per heavy atom. The number of allylic oxidation sites excluding steroid dienone is 1. The van der Waals surface area contributed by atoms with E-state index in [9.17, 15) is 14.0 Å². The predicted octanol–water partition coefficient (Wildman–Crippen LogP) is 4.90. The fourth-order valence-electron chi connectivity index (χ4n) is 3.66. The zero-order valence-corrected chi connectivity index (χ0v) is 21.2. The van der Waals surface area contributed by atoms with Crippen LogP contribution in [0.2, 0.25) is 5.02 Å². The molecule has 0 bridgehead atoms. The Bertz CT molecular complexity index is 1280. The number of halogens is 2. The Balaban J connectivity index is 1.41. The van der Waals surface area contributed by atoms with Crippen LogP contribution in [-0.4, -0.2) is 39.5 Å². The Morgan fingerprint density at radius 1 is 1.37 bits per heavy atom. The third kappa shape index (κ3) is 5.68. The molecule has 0 spiro atoms. The van der Waals surface area contributed by atoms with Crippen LogP contribution in [0, 0.1) is 5.82 Å². The molecule has 0 aliphatic heterocycles. The number of aryl methyl sites for hydroxylation is 1. The first-order valence-corrected chi connectivity index (χ1v) is 12.9. The van der Waals surface area contributed by atoms with E-state index in [1.54, 1.807) is 10.6 Å². The van der Waals surface area contributed by atoms with Gasteiger partial charge in [-0.15, -0.1) is 28.1 Å². The maximum atomic E-state index is 13.4. The van der Waals surface area contributed by atoms with Gasteiger partial charge in [0.25, 0.3) is 0 Å². The van der Waals surface area contributed by atoms with Gasteiger partial charge in [-0.25, -0.2) is 9.18 Å². The summed E-state index contributed by atoms with van der Waals surface area (Å²) < 4.78 is 25.7. The molecule has 1 aliphatic carbocycles. The number of hydrogen-bond donors (Lipinski definition) is 1. The molecule has 1 amide bonds. The second-order valence-corrected chi connectivity index (χ2v) is 10.0. The number of thioether (sulfide) groups is 1. The highest BCUT2D eigenvalue weighted by Crippen LogP contribution is 2.39. The molecule has 1 aliphatic rings. The Kier molecular flexibility index (Phi) is 8.09. The molecule has 0 unspecified atom stereocenters. The average molecular weight is 537 g/mol. The standard InChI is InChI=1S/C23H22ClFN4O4S2/c1-3-9-29-18(11-33-13-7-8-16(25)15(24)10-13)27-28-23(29)34-12-19(30)26-21-20(22(31)32-2)14-5-4-6-17(14)35-21/h3,7-8,10H,1,4-6,9,11-12H2,2H3,(H,26,30). The molecule has 2 aromatic heterocycles. The Labute approximate surface area is 214 Å². The van der Waals surface area contributed by atoms with Crippen LogP contribution in [0.25, 0.3) is 0 Å². The van der Waals surface area contributed by atoms with Gasteiger partial charge in [-0.2, -0.15) is 0 Å². The molecular weight excluding hydrogens is 515 g/mol. The summed E-state index contributed by atoms with van der Waals surface area (Å²) in [5.74, 6) is -0.278. The molecule has 0 atom stereocenters. The normalized spacial score (nSPS) is 12.3. The fraction of sp³-hybridized carbons (Fsp3) is 0.304. The number of hydrogen-bond acceptors (Lipinski definition) is 8. The van der Waals surface area contributed by atoms with Crippen LogP contribution in [0.4, 0.5) is 9.39 Å². The number of ether oxygens (including phenoxy) is 2. The minimum Gasteiger partial charge on any atom is -0.486 e. The van der Waals surface area contributed by atoms with Crippen LogP contribution in [0.15, 0.2) is 36.0 Å². The lowest BCUT2D eigenvalue weighted by Crippen LogP contribution is -2.17. The molecule has 0 saturated heterocycles. The highest BCUT2D eigenvalue weighted by Gasteiger charge is 2.28. The van der Waals surface area contributed by atoms with Gasteiger partial charge >= 0.3 is 5.97 Å². The number of aromatic nitrogens is 3. The van der Waals surface area contributed by atoms with Crippen molar-refractivity contribution in [3.05, 3.63) is 63.5 Å². The molecule has 35 heavy (non-hydrogen) atoms. The van der Waals surface area contributed by atoms with Crippen LogP contribution < -0.4 is 10.1 Å². The summed E-state index contributed by atoms with van der Waals surface area (Å²) in [5, 5.41) is 12.2. The first-order valence-electron chi connectivity index (χ1n) is 10.7. The lowest BCUT2D eigenvalue weighted by atomic mass is 10.1. The number of thiophene rings is 1. The van der Waals surface area contributed by atoms with Crippen LogP contribution in [0.1, 0.15) is 33.0 Å². The van der Waals surface area contributed by atoms with Gasteiger partial charge in [-0.1, -0.05) is 29.4 Å². The van der Waals surface area contributed by atoms with E-state index in [1.807, 2.05) is 0 Å². The molecule has 184 valence electrons. The highest BCUT2D eigenvalue weighted by atomic mass is 35.5. The van der Waals surface area contributed by atoms with Crippen molar-refractivity contribution in [2.45, 2.75) is 37.6 Å². The second-order valence-electron chi connectivity index (χ2n) is 7.55. The fourth-order valence-corrected chi connectivity index (χ4v) is 5.89. The van der Waals surface area contributed by atoms with E-state index in [0.717, 1.165) is 29.7 Å². The first kappa shape index (κ1) is 25.2. The second kappa shape index (κ2) is 11.2. The summed E-state index contributed by atoms with van der Waals surface area (Å²) >= 11 is 8.43. The lowest BCUT2D eigenvalue weighted by molar-refractivity contribution is -0.113. The van der Waals surface area contributed by atoms with Crippen LogP contribution >= 0.6 is 34.7 Å². The minimum absolute atomic E-state index is 0.0383. The van der Waals surface area contributed by atoms with E-state index in [0.29, 0.717) is 33.8 Å². The average Bonchev–Trinajstić information content (AvgIpc) is 3.53. The summed E-state index contributed by atoms with van der Waals surface area (Å²) in [6.07, 6.45) is 4.38. The van der Waals surface area contributed by atoms with Crippen molar-refractivity contribution < 1.29 is 23.5 Å². The predicted molar refractivity (Wildman–Crippen MR) is 133 cm³/mol. The van der Waals surface area contributed by atoms with Crippen molar-refractivity contribution in [2.75, 3.05) is 18.2 Å². The monoisotopic (exact) mass is 536 g/mol. The zero-order chi connectivity index (χ0) is 24.9. The van der Waals surface area contributed by atoms with E-state index in [2.05, 4.69) is 22.1 Å². The van der Waals surface area contributed by atoms with Crippen molar-refractivity contribution in [3.8, 4) is 5.75 Å². The number of carbonyl (C=O) groups excluding carboxylic acids is 2. The number of methoxy groups -OCH3 is 1. The van der Waals surface area contributed by atoms with Gasteiger partial charge in [-0.05, 0) is 37.0 Å². The minimum atomic E-state index is -0.531. The number of nitrogens with one attached hydrogen (secondary N) is 1. The molecule has 0 saturated carbocycles. The molecular formula is C23H22ClFN4O4S2. The van der Waals surface area contributed by atoms with E-state index < -0.39 is 11.8 Å². The van der Waals surface area contributed by atoms with Gasteiger partial charge in [0.2, 0.25) is 5.91 Å². The molecule has 1 aromatic carbocycles. The molecule has 0 radical (unpaired) electrons. The largest absolute Gasteiger partial charge is 0.486 e. The van der Waals surface area contributed by atoms with Crippen LogP contribution in [-0.2, 0) is 35.5 Å². The van der Waals surface area contributed by atoms with Gasteiger partial charge in [0, 0.05) is 17.5 Å². The van der Waals surface area contributed by atoms with Gasteiger partial charge in [0.1, 0.15) is 23.2 Å².